The van der Waals surface area contributed by atoms with E-state index in [9.17, 15) is 0 Å². The van der Waals surface area contributed by atoms with Crippen molar-refractivity contribution in [2.24, 2.45) is 0 Å². The van der Waals surface area contributed by atoms with Crippen LogP contribution in [-0.4, -0.2) is 9.97 Å². The van der Waals surface area contributed by atoms with Gasteiger partial charge in [0.15, 0.2) is 0 Å². The van der Waals surface area contributed by atoms with Crippen molar-refractivity contribution in [2.75, 3.05) is 0 Å². The number of imidazole rings is 1. The average Bonchev–Trinajstić information content (AvgIpc) is 2.87. The fourth-order valence-electron chi connectivity index (χ4n) is 1.77. The van der Waals surface area contributed by atoms with Crippen molar-refractivity contribution in [3.05, 3.63) is 65.4 Å². The fourth-order valence-corrected chi connectivity index (χ4v) is 2.27. The first-order chi connectivity index (χ1) is 8.93. The Hall–Kier alpha value is -2.13. The average molecular weight is 252 g/mol. The van der Waals surface area contributed by atoms with Crippen LogP contribution in [0.15, 0.2) is 65.4 Å². The number of nitrogens with zero attached hydrogens (tertiary/aromatic N) is 1. The van der Waals surface area contributed by atoms with Gasteiger partial charge in [-0.2, -0.15) is 11.3 Å². The largest absolute Gasteiger partial charge is 0.338 e. The first-order valence-electron chi connectivity index (χ1n) is 5.74. The Morgan fingerprint density at radius 3 is 2.67 bits per heavy atom. The monoisotopic (exact) mass is 252 g/mol. The highest BCUT2D eigenvalue weighted by molar-refractivity contribution is 7.07. The van der Waals surface area contributed by atoms with Gasteiger partial charge in [0.1, 0.15) is 5.82 Å². The molecule has 2 aromatic heterocycles. The molecular weight excluding hydrogens is 240 g/mol. The van der Waals surface area contributed by atoms with Crippen molar-refractivity contribution < 1.29 is 0 Å². The molecule has 3 rings (SSSR count). The van der Waals surface area contributed by atoms with Crippen molar-refractivity contribution in [1.82, 2.24) is 9.97 Å². The van der Waals surface area contributed by atoms with E-state index in [0.717, 1.165) is 22.4 Å². The van der Waals surface area contributed by atoms with Gasteiger partial charge in [0, 0.05) is 5.56 Å². The summed E-state index contributed by atoms with van der Waals surface area (Å²) < 4.78 is 0. The van der Waals surface area contributed by atoms with E-state index in [2.05, 4.69) is 27.5 Å². The van der Waals surface area contributed by atoms with Crippen LogP contribution in [-0.2, 0) is 0 Å². The molecule has 0 saturated heterocycles. The van der Waals surface area contributed by atoms with Crippen LogP contribution >= 0.6 is 11.3 Å². The van der Waals surface area contributed by atoms with Gasteiger partial charge in [-0.3, -0.25) is 0 Å². The van der Waals surface area contributed by atoms with Gasteiger partial charge < -0.3 is 4.98 Å². The number of fused-ring (bicyclic) bond motifs is 1. The summed E-state index contributed by atoms with van der Waals surface area (Å²) in [6.07, 6.45) is 0. The molecule has 2 heterocycles. The van der Waals surface area contributed by atoms with Gasteiger partial charge in [0.2, 0.25) is 0 Å². The molecule has 0 aliphatic carbocycles. The van der Waals surface area contributed by atoms with E-state index in [4.69, 9.17) is 0 Å². The molecule has 0 radical (unpaired) electrons. The second kappa shape index (κ2) is 5.02. The molecule has 1 N–H and O–H groups in total. The van der Waals surface area contributed by atoms with Crippen molar-refractivity contribution >= 4 is 22.4 Å². The summed E-state index contributed by atoms with van der Waals surface area (Å²) >= 11 is 1.65. The molecule has 0 amide bonds. The Morgan fingerprint density at radius 2 is 1.72 bits per heavy atom. The quantitative estimate of drug-likeness (QED) is 0.682. The van der Waals surface area contributed by atoms with Crippen LogP contribution in [0.25, 0.3) is 22.4 Å². The third-order valence-electron chi connectivity index (χ3n) is 2.64. The van der Waals surface area contributed by atoms with Crippen molar-refractivity contribution in [3.63, 3.8) is 0 Å². The van der Waals surface area contributed by atoms with Gasteiger partial charge in [0.25, 0.3) is 0 Å². The van der Waals surface area contributed by atoms with Crippen molar-refractivity contribution in [3.8, 4) is 11.4 Å². The van der Waals surface area contributed by atoms with Gasteiger partial charge in [0.05, 0.1) is 11.0 Å². The second-order valence-corrected chi connectivity index (χ2v) is 4.69. The van der Waals surface area contributed by atoms with E-state index in [1.807, 2.05) is 47.8 Å². The lowest BCUT2D eigenvalue weighted by atomic mass is 10.3. The smallest absolute Gasteiger partial charge is 0.138 e. The van der Waals surface area contributed by atoms with Crippen LogP contribution in [0.4, 0.5) is 0 Å². The zero-order chi connectivity index (χ0) is 12.2. The van der Waals surface area contributed by atoms with E-state index in [1.165, 1.54) is 0 Å². The maximum atomic E-state index is 4.60. The molecule has 18 heavy (non-hydrogen) atoms. The van der Waals surface area contributed by atoms with Crippen LogP contribution in [0, 0.1) is 0 Å². The summed E-state index contributed by atoms with van der Waals surface area (Å²) in [5.74, 6) is 0.902. The number of hydrogen-bond donors (Lipinski definition) is 1. The summed E-state index contributed by atoms with van der Waals surface area (Å²) in [6, 6.07) is 18.3. The van der Waals surface area contributed by atoms with E-state index >= 15 is 0 Å². The number of benzene rings is 1. The maximum Gasteiger partial charge on any atom is 0.138 e. The number of aromatic amines is 1. The molecule has 0 atom stereocenters. The summed E-state index contributed by atoms with van der Waals surface area (Å²) in [7, 11) is 0. The Labute approximate surface area is 109 Å². The normalized spacial score (nSPS) is 10.2. The molecule has 2 nitrogen and oxygen atoms in total. The topological polar surface area (TPSA) is 28.7 Å². The molecule has 0 saturated carbocycles. The summed E-state index contributed by atoms with van der Waals surface area (Å²) in [5.41, 5.74) is 3.14. The van der Waals surface area contributed by atoms with Crippen LogP contribution in [0.3, 0.4) is 0 Å². The lowest BCUT2D eigenvalue weighted by Gasteiger charge is -1.90. The van der Waals surface area contributed by atoms with Crippen LogP contribution < -0.4 is 0 Å². The fraction of sp³-hybridized carbons (Fsp3) is 0. The van der Waals surface area contributed by atoms with Gasteiger partial charge in [-0.15, -0.1) is 0 Å². The number of aromatic nitrogens is 2. The van der Waals surface area contributed by atoms with Crippen LogP contribution in [0.2, 0.25) is 0 Å². The van der Waals surface area contributed by atoms with Gasteiger partial charge in [-0.1, -0.05) is 36.4 Å². The van der Waals surface area contributed by atoms with E-state index in [1.54, 1.807) is 11.3 Å². The maximum absolute atomic E-state index is 4.60. The van der Waals surface area contributed by atoms with E-state index in [0.29, 0.717) is 0 Å². The van der Waals surface area contributed by atoms with Gasteiger partial charge in [-0.05, 0) is 29.0 Å². The lowest BCUT2D eigenvalue weighted by Crippen LogP contribution is -1.76. The standard InChI is InChI=1S/C15H12N2S/c1-2-6-12(9-11-18-10-5-1)15-16-13-7-3-4-8-14(13)17-15/h1-11H,(H,16,17). The molecule has 0 spiro atoms. The van der Waals surface area contributed by atoms with Gasteiger partial charge >= 0.3 is 0 Å². The zero-order valence-corrected chi connectivity index (χ0v) is 10.5. The van der Waals surface area contributed by atoms with Crippen molar-refractivity contribution in [2.45, 2.75) is 0 Å². The number of rotatable bonds is 1. The molecule has 3 heteroatoms. The Kier molecular flexibility index (Phi) is 3.07. The molecule has 0 aliphatic rings. The molecule has 0 bridgehead atoms. The van der Waals surface area contributed by atoms with E-state index in [-0.39, 0.29) is 0 Å². The van der Waals surface area contributed by atoms with Crippen LogP contribution in [0.1, 0.15) is 0 Å². The zero-order valence-electron chi connectivity index (χ0n) is 9.71. The van der Waals surface area contributed by atoms with Crippen molar-refractivity contribution in [1.29, 1.82) is 0 Å². The Balaban J connectivity index is 2.17. The minimum atomic E-state index is 0.902. The molecule has 0 unspecified atom stereocenters. The number of para-hydroxylation sites is 2. The molecule has 0 aliphatic heterocycles. The van der Waals surface area contributed by atoms with E-state index < -0.39 is 0 Å². The lowest BCUT2D eigenvalue weighted by molar-refractivity contribution is 1.34. The number of hydrogen-bond acceptors (Lipinski definition) is 2. The Bertz CT molecular complexity index is 653. The summed E-state index contributed by atoms with van der Waals surface area (Å²) in [4.78, 5) is 7.94. The first-order valence-corrected chi connectivity index (χ1v) is 6.68. The first kappa shape index (κ1) is 11.0. The number of H-pyrrole nitrogens is 1. The Morgan fingerprint density at radius 1 is 0.833 bits per heavy atom. The predicted octanol–water partition coefficient (Wildman–Crippen LogP) is 4.42. The highest BCUT2D eigenvalue weighted by Gasteiger charge is 2.02. The summed E-state index contributed by atoms with van der Waals surface area (Å²) in [6.45, 7) is 0. The molecular formula is C15H12N2S. The third-order valence-corrected chi connectivity index (χ3v) is 3.25. The predicted molar refractivity (Wildman–Crippen MR) is 77.0 cm³/mol. The third kappa shape index (κ3) is 2.26. The van der Waals surface area contributed by atoms with Gasteiger partial charge in [-0.25, -0.2) is 4.98 Å². The highest BCUT2D eigenvalue weighted by atomic mass is 32.1. The second-order valence-electron chi connectivity index (χ2n) is 3.88. The molecule has 3 aromatic rings. The minimum Gasteiger partial charge on any atom is -0.338 e. The SMILES string of the molecule is c1ccsccc(-c2nc3ccccc3[nH]2)cc1. The molecule has 88 valence electrons. The van der Waals surface area contributed by atoms with Crippen LogP contribution in [0.5, 0.6) is 0 Å². The molecule has 0 fully saturated rings. The molecule has 1 aromatic carbocycles. The summed E-state index contributed by atoms with van der Waals surface area (Å²) in [5, 5.41) is 4.10. The minimum absolute atomic E-state index is 0.902. The highest BCUT2D eigenvalue weighted by Crippen LogP contribution is 2.19. The number of nitrogens with one attached hydrogen (secondary N) is 1.